The van der Waals surface area contributed by atoms with Gasteiger partial charge in [-0.15, -0.1) is 10.2 Å². The van der Waals surface area contributed by atoms with Crippen molar-refractivity contribution in [2.24, 2.45) is 0 Å². The zero-order valence-corrected chi connectivity index (χ0v) is 11.0. The lowest BCUT2D eigenvalue weighted by molar-refractivity contribution is -0.138. The van der Waals surface area contributed by atoms with E-state index in [1.54, 1.807) is 10.7 Å². The molecule has 0 aromatic carbocycles. The van der Waals surface area contributed by atoms with Gasteiger partial charge in [-0.2, -0.15) is 18.3 Å². The number of nitrogens with zero attached hydrogens (tertiary/aromatic N) is 4. The summed E-state index contributed by atoms with van der Waals surface area (Å²) in [5.41, 5.74) is 0.686. The number of anilines is 1. The molecular weight excluding hydrogens is 295 g/mol. The van der Waals surface area contributed by atoms with Gasteiger partial charge in [-0.25, -0.2) is 4.68 Å². The summed E-state index contributed by atoms with van der Waals surface area (Å²) < 4.78 is 44.2. The van der Waals surface area contributed by atoms with Gasteiger partial charge in [0.1, 0.15) is 0 Å². The number of nitrogens with one attached hydrogen (secondary N) is 1. The highest BCUT2D eigenvalue weighted by Gasteiger charge is 2.35. The molecule has 0 atom stereocenters. The lowest BCUT2D eigenvalue weighted by Gasteiger charge is -2.13. The maximum atomic E-state index is 12.4. The number of alkyl halides is 3. The Bertz CT molecular complexity index is 585. The summed E-state index contributed by atoms with van der Waals surface area (Å²) >= 11 is 0.470. The van der Waals surface area contributed by atoms with Crippen LogP contribution in [0.3, 0.4) is 0 Å². The number of halogens is 3. The van der Waals surface area contributed by atoms with Crippen LogP contribution in [0.15, 0.2) is 6.07 Å². The van der Waals surface area contributed by atoms with Crippen LogP contribution >= 0.6 is 11.3 Å². The predicted octanol–water partition coefficient (Wildman–Crippen LogP) is 2.15. The highest BCUT2D eigenvalue weighted by Crippen LogP contribution is 2.33. The highest BCUT2D eigenvalue weighted by molar-refractivity contribution is 7.15. The molecule has 0 amide bonds. The van der Waals surface area contributed by atoms with E-state index >= 15 is 0 Å². The molecule has 3 rings (SSSR count). The van der Waals surface area contributed by atoms with Crippen molar-refractivity contribution in [2.75, 3.05) is 11.9 Å². The van der Waals surface area contributed by atoms with Gasteiger partial charge in [-0.05, 0) is 0 Å². The van der Waals surface area contributed by atoms with E-state index in [1.807, 2.05) is 0 Å². The largest absolute Gasteiger partial charge is 0.478 e. The van der Waals surface area contributed by atoms with Gasteiger partial charge in [0.2, 0.25) is 16.0 Å². The van der Waals surface area contributed by atoms with Crippen LogP contribution < -0.4 is 10.1 Å². The maximum absolute atomic E-state index is 12.4. The average Bonchev–Trinajstić information content (AvgIpc) is 3.02. The first-order valence-corrected chi connectivity index (χ1v) is 6.68. The Labute approximate surface area is 115 Å². The summed E-state index contributed by atoms with van der Waals surface area (Å²) in [5, 5.41) is 12.8. The fourth-order valence-electron chi connectivity index (χ4n) is 1.78. The van der Waals surface area contributed by atoms with E-state index < -0.39 is 11.2 Å². The summed E-state index contributed by atoms with van der Waals surface area (Å²) in [7, 11) is 0. The second-order valence-electron chi connectivity index (χ2n) is 4.16. The van der Waals surface area contributed by atoms with Crippen molar-refractivity contribution in [1.82, 2.24) is 20.0 Å². The van der Waals surface area contributed by atoms with Gasteiger partial charge in [0, 0.05) is 19.0 Å². The van der Waals surface area contributed by atoms with Crippen LogP contribution in [0.2, 0.25) is 0 Å². The van der Waals surface area contributed by atoms with Crippen LogP contribution in [0.4, 0.5) is 18.3 Å². The van der Waals surface area contributed by atoms with Crippen LogP contribution in [0.1, 0.15) is 17.1 Å². The molecule has 0 bridgehead atoms. The molecule has 108 valence electrons. The van der Waals surface area contributed by atoms with E-state index in [0.717, 1.165) is 13.0 Å². The Kier molecular flexibility index (Phi) is 3.24. The second-order valence-corrected chi connectivity index (χ2v) is 5.14. The molecule has 0 unspecified atom stereocenters. The minimum atomic E-state index is -4.46. The number of fused-ring (bicyclic) bond motifs is 1. The molecule has 0 aliphatic carbocycles. The van der Waals surface area contributed by atoms with Gasteiger partial charge in [0.25, 0.3) is 0 Å². The fourth-order valence-corrected chi connectivity index (χ4v) is 2.39. The van der Waals surface area contributed by atoms with Crippen LogP contribution in [-0.4, -0.2) is 26.6 Å². The van der Waals surface area contributed by atoms with Crippen molar-refractivity contribution in [3.8, 4) is 5.88 Å². The Morgan fingerprint density at radius 1 is 1.40 bits per heavy atom. The number of ether oxygens (including phenoxy) is 1. The molecule has 1 aliphatic heterocycles. The topological polar surface area (TPSA) is 64.9 Å². The normalized spacial score (nSPS) is 14.8. The minimum Gasteiger partial charge on any atom is -0.478 e. The van der Waals surface area contributed by atoms with E-state index in [0.29, 0.717) is 29.5 Å². The Hall–Kier alpha value is -1.84. The van der Waals surface area contributed by atoms with Crippen molar-refractivity contribution >= 4 is 16.5 Å². The third kappa shape index (κ3) is 2.69. The highest BCUT2D eigenvalue weighted by atomic mass is 32.1. The van der Waals surface area contributed by atoms with Gasteiger partial charge in [0.05, 0.1) is 18.8 Å². The first-order chi connectivity index (χ1) is 9.52. The van der Waals surface area contributed by atoms with E-state index in [9.17, 15) is 13.2 Å². The summed E-state index contributed by atoms with van der Waals surface area (Å²) in [6.45, 7) is 1.71. The molecule has 10 heteroatoms. The summed E-state index contributed by atoms with van der Waals surface area (Å²) in [4.78, 5) is 0. The molecule has 2 aromatic rings. The van der Waals surface area contributed by atoms with E-state index in [1.165, 1.54) is 0 Å². The van der Waals surface area contributed by atoms with Gasteiger partial charge < -0.3 is 10.1 Å². The average molecular weight is 305 g/mol. The lowest BCUT2D eigenvalue weighted by atomic mass is 10.4. The van der Waals surface area contributed by atoms with Crippen molar-refractivity contribution in [2.45, 2.75) is 25.7 Å². The Morgan fingerprint density at radius 3 is 2.95 bits per heavy atom. The molecular formula is C10H10F3N5OS. The summed E-state index contributed by atoms with van der Waals surface area (Å²) in [6, 6.07) is 1.76. The van der Waals surface area contributed by atoms with Crippen molar-refractivity contribution < 1.29 is 17.9 Å². The van der Waals surface area contributed by atoms with Gasteiger partial charge in [-0.3, -0.25) is 0 Å². The first kappa shape index (κ1) is 13.2. The molecule has 0 saturated carbocycles. The lowest BCUT2D eigenvalue weighted by Crippen LogP contribution is -2.14. The van der Waals surface area contributed by atoms with Crippen LogP contribution in [-0.2, 0) is 19.3 Å². The number of rotatable bonds is 3. The van der Waals surface area contributed by atoms with E-state index in [-0.39, 0.29) is 11.7 Å². The smallest absolute Gasteiger partial charge is 0.445 e. The SMILES string of the molecule is FC(F)(F)c1nnc(NCc2cc3n(n2)CCCO3)s1. The fraction of sp³-hybridized carbons (Fsp3) is 0.500. The zero-order chi connectivity index (χ0) is 14.2. The molecule has 1 N–H and O–H groups in total. The standard InChI is InChI=1S/C10H10F3N5OS/c11-10(12,13)8-15-16-9(20-8)14-5-6-4-7-18(17-6)2-1-3-19-7/h4H,1-3,5H2,(H,14,16). The van der Waals surface area contributed by atoms with E-state index in [2.05, 4.69) is 20.6 Å². The number of aryl methyl sites for hydroxylation is 1. The third-order valence-corrected chi connectivity index (χ3v) is 3.57. The van der Waals surface area contributed by atoms with Crippen LogP contribution in [0.5, 0.6) is 5.88 Å². The summed E-state index contributed by atoms with van der Waals surface area (Å²) in [6.07, 6.45) is -3.56. The molecule has 6 nitrogen and oxygen atoms in total. The molecule has 0 saturated heterocycles. The van der Waals surface area contributed by atoms with Gasteiger partial charge in [-0.1, -0.05) is 11.3 Å². The predicted molar refractivity (Wildman–Crippen MR) is 64.6 cm³/mol. The number of hydrogen-bond donors (Lipinski definition) is 1. The third-order valence-electron chi connectivity index (χ3n) is 2.65. The first-order valence-electron chi connectivity index (χ1n) is 5.86. The summed E-state index contributed by atoms with van der Waals surface area (Å²) in [5.74, 6) is 0.682. The van der Waals surface area contributed by atoms with Crippen molar-refractivity contribution in [3.63, 3.8) is 0 Å². The minimum absolute atomic E-state index is 0.115. The molecule has 0 spiro atoms. The van der Waals surface area contributed by atoms with E-state index in [4.69, 9.17) is 4.74 Å². The van der Waals surface area contributed by atoms with Gasteiger partial charge >= 0.3 is 6.18 Å². The van der Waals surface area contributed by atoms with Crippen LogP contribution in [0.25, 0.3) is 0 Å². The van der Waals surface area contributed by atoms with Gasteiger partial charge in [0.15, 0.2) is 0 Å². The second kappa shape index (κ2) is 4.93. The quantitative estimate of drug-likeness (QED) is 0.941. The molecule has 2 aromatic heterocycles. The van der Waals surface area contributed by atoms with Crippen molar-refractivity contribution in [1.29, 1.82) is 0 Å². The maximum Gasteiger partial charge on any atom is 0.445 e. The monoisotopic (exact) mass is 305 g/mol. The zero-order valence-electron chi connectivity index (χ0n) is 10.1. The Morgan fingerprint density at radius 2 is 2.25 bits per heavy atom. The molecule has 0 radical (unpaired) electrons. The number of aromatic nitrogens is 4. The molecule has 20 heavy (non-hydrogen) atoms. The van der Waals surface area contributed by atoms with Crippen LogP contribution in [0, 0.1) is 0 Å². The Balaban J connectivity index is 1.64. The molecule has 3 heterocycles. The molecule has 1 aliphatic rings. The number of hydrogen-bond acceptors (Lipinski definition) is 6. The van der Waals surface area contributed by atoms with Crippen molar-refractivity contribution in [3.05, 3.63) is 16.8 Å². The molecule has 0 fully saturated rings.